The van der Waals surface area contributed by atoms with Gasteiger partial charge in [0.05, 0.1) is 13.0 Å². The van der Waals surface area contributed by atoms with Crippen molar-refractivity contribution in [3.8, 4) is 0 Å². The highest BCUT2D eigenvalue weighted by Crippen LogP contribution is 2.23. The maximum Gasteiger partial charge on any atom is 0.341 e. The molecule has 0 aliphatic rings. The molecule has 5 heteroatoms. The zero-order valence-electron chi connectivity index (χ0n) is 16.6. The van der Waals surface area contributed by atoms with Crippen LogP contribution in [0, 0.1) is 5.92 Å². The third-order valence-corrected chi connectivity index (χ3v) is 4.38. The fourth-order valence-corrected chi connectivity index (χ4v) is 2.72. The Morgan fingerprint density at radius 3 is 2.60 bits per heavy atom. The van der Waals surface area contributed by atoms with Gasteiger partial charge in [-0.15, -0.1) is 0 Å². The normalized spacial score (nSPS) is 13.1. The molecule has 1 aromatic carbocycles. The molecule has 0 heterocycles. The van der Waals surface area contributed by atoms with E-state index in [0.717, 1.165) is 12.8 Å². The van der Waals surface area contributed by atoms with Crippen LogP contribution in [0.3, 0.4) is 0 Å². The molecule has 1 atom stereocenters. The average Bonchev–Trinajstić information content (AvgIpc) is 2.52. The van der Waals surface area contributed by atoms with Crippen molar-refractivity contribution in [2.45, 2.75) is 72.1 Å². The van der Waals surface area contributed by atoms with Crippen LogP contribution in [0.2, 0.25) is 13.1 Å². The lowest BCUT2D eigenvalue weighted by Crippen LogP contribution is -2.15. The topological polar surface area (TPSA) is 44.8 Å². The molecule has 1 rings (SSSR count). The molecular formula is C20H34O4Si. The second-order valence-electron chi connectivity index (χ2n) is 8.05. The number of rotatable bonds is 10. The van der Waals surface area contributed by atoms with Crippen LogP contribution in [0.15, 0.2) is 24.3 Å². The Morgan fingerprint density at radius 1 is 1.24 bits per heavy atom. The van der Waals surface area contributed by atoms with E-state index in [1.54, 1.807) is 0 Å². The molecule has 0 bridgehead atoms. The predicted molar refractivity (Wildman–Crippen MR) is 104 cm³/mol. The Kier molecular flexibility index (Phi) is 9.39. The first-order chi connectivity index (χ1) is 11.7. The van der Waals surface area contributed by atoms with Gasteiger partial charge in [0.25, 0.3) is 0 Å². The molecule has 4 nitrogen and oxygen atoms in total. The molecule has 1 aromatic rings. The summed E-state index contributed by atoms with van der Waals surface area (Å²) in [6, 6.07) is 8.58. The van der Waals surface area contributed by atoms with Crippen LogP contribution in [0.4, 0.5) is 0 Å². The molecular weight excluding hydrogens is 332 g/mol. The standard InChI is InChI=1S/C20H34O4Si/c1-16(13-19(21)23-24-25(5)6)9-8-12-22-15-17-10-7-11-18(14-17)20(2,3)4/h7,10-11,14,16,25H,8-9,12-13,15H2,1-6H3/t16-/m0/s1. The third kappa shape index (κ3) is 9.77. The average molecular weight is 367 g/mol. The zero-order chi connectivity index (χ0) is 18.9. The maximum atomic E-state index is 11.6. The van der Waals surface area contributed by atoms with Crippen molar-refractivity contribution < 1.29 is 19.0 Å². The minimum atomic E-state index is -1.31. The molecule has 0 aliphatic carbocycles. The number of ether oxygens (including phenoxy) is 1. The number of carbonyl (C=O) groups is 1. The van der Waals surface area contributed by atoms with Crippen LogP contribution in [0.1, 0.15) is 58.1 Å². The second kappa shape index (κ2) is 10.7. The molecule has 0 aromatic heterocycles. The summed E-state index contributed by atoms with van der Waals surface area (Å²) in [7, 11) is -1.31. The number of hydrogen-bond acceptors (Lipinski definition) is 4. The lowest BCUT2D eigenvalue weighted by atomic mass is 9.86. The molecule has 0 spiro atoms. The number of carbonyl (C=O) groups excluding carboxylic acids is 1. The van der Waals surface area contributed by atoms with E-state index in [2.05, 4.69) is 52.0 Å². The SMILES string of the molecule is C[C@@H](CCCOCc1cccc(C(C)(C)C)c1)CC(=O)OO[SiH](C)C. The van der Waals surface area contributed by atoms with E-state index in [1.165, 1.54) is 11.1 Å². The fraction of sp³-hybridized carbons (Fsp3) is 0.650. The highest BCUT2D eigenvalue weighted by molar-refractivity contribution is 6.48. The van der Waals surface area contributed by atoms with Crippen molar-refractivity contribution in [3.05, 3.63) is 35.4 Å². The predicted octanol–water partition coefficient (Wildman–Crippen LogP) is 4.77. The molecule has 0 fully saturated rings. The quantitative estimate of drug-likeness (QED) is 0.259. The second-order valence-corrected chi connectivity index (χ2v) is 10.3. The first-order valence-corrected chi connectivity index (χ1v) is 12.0. The van der Waals surface area contributed by atoms with Gasteiger partial charge in [0.1, 0.15) is 0 Å². The Balaban J connectivity index is 2.20. The first-order valence-electron chi connectivity index (χ1n) is 9.21. The van der Waals surface area contributed by atoms with Gasteiger partial charge in [-0.25, -0.2) is 9.37 Å². The summed E-state index contributed by atoms with van der Waals surface area (Å²) in [4.78, 5) is 16.4. The van der Waals surface area contributed by atoms with Crippen molar-refractivity contribution in [1.29, 1.82) is 0 Å². The van der Waals surface area contributed by atoms with Crippen LogP contribution in [0.25, 0.3) is 0 Å². The van der Waals surface area contributed by atoms with Gasteiger partial charge in [-0.3, -0.25) is 0 Å². The highest BCUT2D eigenvalue weighted by atomic mass is 28.3. The first kappa shape index (κ1) is 21.9. The zero-order valence-corrected chi connectivity index (χ0v) is 17.8. The van der Waals surface area contributed by atoms with Gasteiger partial charge >= 0.3 is 5.97 Å². The highest BCUT2D eigenvalue weighted by Gasteiger charge is 2.14. The lowest BCUT2D eigenvalue weighted by molar-refractivity contribution is -0.217. The van der Waals surface area contributed by atoms with Crippen LogP contribution >= 0.6 is 0 Å². The summed E-state index contributed by atoms with van der Waals surface area (Å²) in [6.45, 7) is 14.0. The van der Waals surface area contributed by atoms with Gasteiger partial charge in [-0.1, -0.05) is 52.0 Å². The summed E-state index contributed by atoms with van der Waals surface area (Å²) in [6.07, 6.45) is 2.28. The van der Waals surface area contributed by atoms with Gasteiger partial charge in [-0.05, 0) is 48.4 Å². The summed E-state index contributed by atoms with van der Waals surface area (Å²) in [5.41, 5.74) is 2.69. The number of hydrogen-bond donors (Lipinski definition) is 0. The van der Waals surface area contributed by atoms with Gasteiger partial charge < -0.3 is 9.62 Å². The van der Waals surface area contributed by atoms with Crippen LogP contribution < -0.4 is 0 Å². The molecule has 25 heavy (non-hydrogen) atoms. The van der Waals surface area contributed by atoms with Crippen molar-refractivity contribution in [2.75, 3.05) is 6.61 Å². The fourth-order valence-electron chi connectivity index (χ4n) is 2.42. The Bertz CT molecular complexity index is 523. The van der Waals surface area contributed by atoms with Crippen molar-refractivity contribution in [1.82, 2.24) is 0 Å². The molecule has 0 saturated heterocycles. The van der Waals surface area contributed by atoms with E-state index in [-0.39, 0.29) is 17.3 Å². The van der Waals surface area contributed by atoms with E-state index in [9.17, 15) is 4.79 Å². The Labute approximate surface area is 154 Å². The van der Waals surface area contributed by atoms with Crippen LogP contribution in [-0.2, 0) is 31.0 Å². The van der Waals surface area contributed by atoms with Gasteiger partial charge in [-0.2, -0.15) is 0 Å². The molecule has 0 amide bonds. The Morgan fingerprint density at radius 2 is 1.96 bits per heavy atom. The minimum Gasteiger partial charge on any atom is -0.377 e. The van der Waals surface area contributed by atoms with Crippen molar-refractivity contribution >= 4 is 15.0 Å². The number of benzene rings is 1. The maximum absolute atomic E-state index is 11.6. The van der Waals surface area contributed by atoms with Crippen molar-refractivity contribution in [3.63, 3.8) is 0 Å². The van der Waals surface area contributed by atoms with Crippen LogP contribution in [0.5, 0.6) is 0 Å². The van der Waals surface area contributed by atoms with E-state index in [0.29, 0.717) is 19.6 Å². The van der Waals surface area contributed by atoms with Gasteiger partial charge in [0.2, 0.25) is 9.04 Å². The van der Waals surface area contributed by atoms with E-state index in [1.807, 2.05) is 13.1 Å². The molecule has 0 N–H and O–H groups in total. The monoisotopic (exact) mass is 366 g/mol. The van der Waals surface area contributed by atoms with Crippen molar-refractivity contribution in [2.24, 2.45) is 5.92 Å². The van der Waals surface area contributed by atoms with Crippen LogP contribution in [-0.4, -0.2) is 21.6 Å². The van der Waals surface area contributed by atoms with Gasteiger partial charge in [0.15, 0.2) is 0 Å². The molecule has 0 radical (unpaired) electrons. The van der Waals surface area contributed by atoms with E-state index in [4.69, 9.17) is 14.2 Å². The molecule has 0 unspecified atom stereocenters. The molecule has 0 saturated carbocycles. The van der Waals surface area contributed by atoms with Gasteiger partial charge in [0, 0.05) is 6.61 Å². The smallest absolute Gasteiger partial charge is 0.341 e. The largest absolute Gasteiger partial charge is 0.377 e. The Hall–Kier alpha value is -1.17. The summed E-state index contributed by atoms with van der Waals surface area (Å²) in [5, 5.41) is 0. The minimum absolute atomic E-state index is 0.155. The van der Waals surface area contributed by atoms with E-state index >= 15 is 0 Å². The lowest BCUT2D eigenvalue weighted by Gasteiger charge is -2.19. The summed E-state index contributed by atoms with van der Waals surface area (Å²) >= 11 is 0. The third-order valence-electron chi connectivity index (χ3n) is 3.90. The molecule has 142 valence electrons. The molecule has 0 aliphatic heterocycles. The van der Waals surface area contributed by atoms with E-state index < -0.39 is 9.04 Å². The summed E-state index contributed by atoms with van der Waals surface area (Å²) < 4.78 is 10.8. The summed E-state index contributed by atoms with van der Waals surface area (Å²) in [5.74, 6) is 0.00589.